The third-order valence-electron chi connectivity index (χ3n) is 4.05. The zero-order chi connectivity index (χ0) is 19.0. The Morgan fingerprint density at radius 3 is 2.52 bits per heavy atom. The number of guanidine groups is 1. The summed E-state index contributed by atoms with van der Waals surface area (Å²) in [6.45, 7) is 6.14. The number of nitrogens with one attached hydrogen (secondary N) is 2. The molecule has 154 valence electrons. The highest BCUT2D eigenvalue weighted by Gasteiger charge is 2.23. The first-order valence-electron chi connectivity index (χ1n) is 8.78. The van der Waals surface area contributed by atoms with Gasteiger partial charge in [-0.15, -0.1) is 24.0 Å². The van der Waals surface area contributed by atoms with Crippen molar-refractivity contribution in [3.05, 3.63) is 34.9 Å². The first-order chi connectivity index (χ1) is 12.4. The molecule has 0 aromatic heterocycles. The van der Waals surface area contributed by atoms with Gasteiger partial charge in [0.05, 0.1) is 18.3 Å². The molecule has 1 heterocycles. The lowest BCUT2D eigenvalue weighted by Crippen LogP contribution is -2.41. The molecule has 0 amide bonds. The summed E-state index contributed by atoms with van der Waals surface area (Å²) in [6.07, 6.45) is 0. The van der Waals surface area contributed by atoms with E-state index in [1.165, 1.54) is 0 Å². The van der Waals surface area contributed by atoms with Gasteiger partial charge in [0.2, 0.25) is 10.0 Å². The number of hydrogen-bond donors (Lipinski definition) is 2. The van der Waals surface area contributed by atoms with Crippen LogP contribution in [0.3, 0.4) is 0 Å². The molecule has 0 spiro atoms. The van der Waals surface area contributed by atoms with Crippen molar-refractivity contribution < 1.29 is 8.42 Å². The van der Waals surface area contributed by atoms with E-state index in [1.54, 1.807) is 16.1 Å². The summed E-state index contributed by atoms with van der Waals surface area (Å²) in [4.78, 5) is 4.43. The lowest BCUT2D eigenvalue weighted by atomic mass is 10.1. The second kappa shape index (κ2) is 12.4. The fourth-order valence-electron chi connectivity index (χ4n) is 2.59. The molecule has 1 aliphatic heterocycles. The molecular formula is C17H28ClIN4O2S2. The normalized spacial score (nSPS) is 17.1. The minimum atomic E-state index is -3.24. The number of rotatable bonds is 7. The monoisotopic (exact) mass is 546 g/mol. The third-order valence-corrected chi connectivity index (χ3v) is 7.09. The third kappa shape index (κ3) is 8.35. The maximum atomic E-state index is 12.4. The Morgan fingerprint density at radius 2 is 1.93 bits per heavy atom. The number of aliphatic imine (C=N–C) groups is 1. The van der Waals surface area contributed by atoms with E-state index in [2.05, 4.69) is 15.6 Å². The van der Waals surface area contributed by atoms with Gasteiger partial charge in [0.15, 0.2) is 5.96 Å². The summed E-state index contributed by atoms with van der Waals surface area (Å²) in [5.74, 6) is 2.37. The molecule has 2 N–H and O–H groups in total. The molecule has 1 aliphatic rings. The summed E-state index contributed by atoms with van der Waals surface area (Å²) in [6, 6.07) is 7.65. The van der Waals surface area contributed by atoms with Gasteiger partial charge in [-0.3, -0.25) is 4.99 Å². The van der Waals surface area contributed by atoms with Crippen LogP contribution in [-0.4, -0.2) is 62.1 Å². The number of halogens is 2. The molecule has 0 radical (unpaired) electrons. The predicted molar refractivity (Wildman–Crippen MR) is 127 cm³/mol. The fraction of sp³-hybridized carbons (Fsp3) is 0.588. The van der Waals surface area contributed by atoms with Crippen LogP contribution in [0.5, 0.6) is 0 Å². The molecule has 0 saturated carbocycles. The highest BCUT2D eigenvalue weighted by Crippen LogP contribution is 2.16. The van der Waals surface area contributed by atoms with E-state index in [9.17, 15) is 8.42 Å². The van der Waals surface area contributed by atoms with Gasteiger partial charge >= 0.3 is 0 Å². The molecule has 10 heteroatoms. The SMILES string of the molecule is CCNC(=NCCS(=O)(=O)N1CCSCC1)NC(C)c1ccc(Cl)cc1.I. The predicted octanol–water partition coefficient (Wildman–Crippen LogP) is 2.95. The van der Waals surface area contributed by atoms with Crippen LogP contribution in [0.25, 0.3) is 0 Å². The summed E-state index contributed by atoms with van der Waals surface area (Å²) >= 11 is 7.72. The Morgan fingerprint density at radius 1 is 1.30 bits per heavy atom. The Labute approximate surface area is 189 Å². The van der Waals surface area contributed by atoms with E-state index in [4.69, 9.17) is 11.6 Å². The van der Waals surface area contributed by atoms with Crippen LogP contribution in [0, 0.1) is 0 Å². The maximum absolute atomic E-state index is 12.4. The van der Waals surface area contributed by atoms with Crippen molar-refractivity contribution in [3.8, 4) is 0 Å². The molecule has 1 saturated heterocycles. The van der Waals surface area contributed by atoms with E-state index < -0.39 is 10.0 Å². The first-order valence-corrected chi connectivity index (χ1v) is 11.9. The smallest absolute Gasteiger partial charge is 0.215 e. The van der Waals surface area contributed by atoms with Crippen LogP contribution in [0.1, 0.15) is 25.5 Å². The molecule has 1 fully saturated rings. The lowest BCUT2D eigenvalue weighted by molar-refractivity contribution is 0.444. The second-order valence-electron chi connectivity index (χ2n) is 6.01. The van der Waals surface area contributed by atoms with Crippen LogP contribution in [0.4, 0.5) is 0 Å². The number of hydrogen-bond acceptors (Lipinski definition) is 4. The standard InChI is InChI=1S/C17H27ClN4O2S2.HI/c1-3-19-17(21-14(2)15-4-6-16(18)7-5-15)20-8-13-26(23,24)22-9-11-25-12-10-22;/h4-7,14H,3,8-13H2,1-2H3,(H2,19,20,21);1H. The molecule has 1 atom stereocenters. The van der Waals surface area contributed by atoms with Gasteiger partial charge in [0.1, 0.15) is 0 Å². The molecule has 27 heavy (non-hydrogen) atoms. The molecule has 1 aromatic carbocycles. The van der Waals surface area contributed by atoms with Crippen LogP contribution in [0.2, 0.25) is 5.02 Å². The minimum absolute atomic E-state index is 0. The topological polar surface area (TPSA) is 73.8 Å². The first kappa shape index (κ1) is 24.8. The van der Waals surface area contributed by atoms with Gasteiger partial charge < -0.3 is 10.6 Å². The Balaban J connectivity index is 0.00000364. The van der Waals surface area contributed by atoms with Crippen LogP contribution in [-0.2, 0) is 10.0 Å². The van der Waals surface area contributed by atoms with Crippen molar-refractivity contribution in [2.24, 2.45) is 4.99 Å². The Hall–Kier alpha value is -0.230. The number of thioether (sulfide) groups is 1. The zero-order valence-corrected chi connectivity index (χ0v) is 20.4. The molecule has 0 aliphatic carbocycles. The van der Waals surface area contributed by atoms with E-state index in [-0.39, 0.29) is 42.3 Å². The fourth-order valence-corrected chi connectivity index (χ4v) is 5.17. The Bertz CT molecular complexity index is 695. The maximum Gasteiger partial charge on any atom is 0.215 e. The average molecular weight is 547 g/mol. The summed E-state index contributed by atoms with van der Waals surface area (Å²) in [5.41, 5.74) is 1.08. The van der Waals surface area contributed by atoms with Gasteiger partial charge in [-0.25, -0.2) is 12.7 Å². The highest BCUT2D eigenvalue weighted by atomic mass is 127. The van der Waals surface area contributed by atoms with Gasteiger partial charge in [-0.05, 0) is 31.5 Å². The van der Waals surface area contributed by atoms with Gasteiger partial charge in [-0.1, -0.05) is 23.7 Å². The van der Waals surface area contributed by atoms with E-state index >= 15 is 0 Å². The average Bonchev–Trinajstić information content (AvgIpc) is 2.63. The quantitative estimate of drug-likeness (QED) is 0.313. The van der Waals surface area contributed by atoms with Crippen molar-refractivity contribution in [3.63, 3.8) is 0 Å². The van der Waals surface area contributed by atoms with E-state index in [0.29, 0.717) is 30.6 Å². The lowest BCUT2D eigenvalue weighted by Gasteiger charge is -2.25. The van der Waals surface area contributed by atoms with E-state index in [0.717, 1.165) is 17.1 Å². The van der Waals surface area contributed by atoms with Gasteiger partial charge in [-0.2, -0.15) is 11.8 Å². The zero-order valence-electron chi connectivity index (χ0n) is 15.7. The van der Waals surface area contributed by atoms with Crippen molar-refractivity contribution >= 4 is 63.3 Å². The largest absolute Gasteiger partial charge is 0.357 e. The van der Waals surface area contributed by atoms with E-state index in [1.807, 2.05) is 38.1 Å². The molecule has 2 rings (SSSR count). The second-order valence-corrected chi connectivity index (χ2v) is 9.76. The van der Waals surface area contributed by atoms with Crippen LogP contribution < -0.4 is 10.6 Å². The summed E-state index contributed by atoms with van der Waals surface area (Å²) in [5, 5.41) is 7.16. The molecule has 1 unspecified atom stereocenters. The van der Waals surface area contributed by atoms with Crippen LogP contribution >= 0.6 is 47.3 Å². The number of sulfonamides is 1. The number of nitrogens with zero attached hydrogens (tertiary/aromatic N) is 2. The summed E-state index contributed by atoms with van der Waals surface area (Å²) in [7, 11) is -3.24. The number of benzene rings is 1. The molecule has 6 nitrogen and oxygen atoms in total. The van der Waals surface area contributed by atoms with Gasteiger partial charge in [0, 0.05) is 36.2 Å². The highest BCUT2D eigenvalue weighted by molar-refractivity contribution is 14.0. The van der Waals surface area contributed by atoms with Gasteiger partial charge in [0.25, 0.3) is 0 Å². The van der Waals surface area contributed by atoms with Crippen LogP contribution in [0.15, 0.2) is 29.3 Å². The van der Waals surface area contributed by atoms with Crippen molar-refractivity contribution in [2.75, 3.05) is 43.4 Å². The van der Waals surface area contributed by atoms with Crippen molar-refractivity contribution in [1.82, 2.24) is 14.9 Å². The summed E-state index contributed by atoms with van der Waals surface area (Å²) < 4.78 is 26.4. The van der Waals surface area contributed by atoms with Crippen molar-refractivity contribution in [2.45, 2.75) is 19.9 Å². The molecule has 0 bridgehead atoms. The minimum Gasteiger partial charge on any atom is -0.357 e. The van der Waals surface area contributed by atoms with Crippen molar-refractivity contribution in [1.29, 1.82) is 0 Å². The molecule has 1 aromatic rings. The Kier molecular flexibility index (Phi) is 11.4. The molecular weight excluding hydrogens is 519 g/mol.